The maximum absolute atomic E-state index is 12.7. The predicted molar refractivity (Wildman–Crippen MR) is 84.8 cm³/mol. The highest BCUT2D eigenvalue weighted by molar-refractivity contribution is 5.92. The van der Waals surface area contributed by atoms with E-state index < -0.39 is 0 Å². The van der Waals surface area contributed by atoms with Crippen LogP contribution >= 0.6 is 0 Å². The lowest BCUT2D eigenvalue weighted by molar-refractivity contribution is 0.0568. The third-order valence-corrected chi connectivity index (χ3v) is 4.59. The van der Waals surface area contributed by atoms with E-state index in [1.165, 1.54) is 12.8 Å². The largest absolute Gasteiger partial charge is 0.381 e. The van der Waals surface area contributed by atoms with Crippen molar-refractivity contribution in [3.8, 4) is 0 Å². The average molecular weight is 314 g/mol. The summed E-state index contributed by atoms with van der Waals surface area (Å²) in [7, 11) is 0. The lowest BCUT2D eigenvalue weighted by Gasteiger charge is -2.23. The van der Waals surface area contributed by atoms with Crippen molar-refractivity contribution in [1.29, 1.82) is 0 Å². The van der Waals surface area contributed by atoms with Crippen molar-refractivity contribution >= 4 is 5.91 Å². The molecule has 3 heterocycles. The van der Waals surface area contributed by atoms with Crippen molar-refractivity contribution in [2.45, 2.75) is 25.9 Å². The van der Waals surface area contributed by atoms with E-state index in [1.54, 1.807) is 12.4 Å². The topological polar surface area (TPSA) is 63.2 Å². The number of hydrogen-bond donors (Lipinski definition) is 1. The highest BCUT2D eigenvalue weighted by atomic mass is 16.5. The molecule has 1 atom stereocenters. The Bertz CT molecular complexity index is 660. The third kappa shape index (κ3) is 3.32. The molecule has 1 N–H and O–H groups in total. The first kappa shape index (κ1) is 14.5. The molecule has 6 heteroatoms. The maximum Gasteiger partial charge on any atom is 0.270 e. The monoisotopic (exact) mass is 314 g/mol. The van der Waals surface area contributed by atoms with Gasteiger partial charge in [0.15, 0.2) is 0 Å². The summed E-state index contributed by atoms with van der Waals surface area (Å²) in [5.74, 6) is 2.03. The molecule has 2 aromatic heterocycles. The Morgan fingerprint density at radius 2 is 2.17 bits per heavy atom. The van der Waals surface area contributed by atoms with Crippen LogP contribution in [0, 0.1) is 11.8 Å². The number of rotatable bonds is 5. The van der Waals surface area contributed by atoms with E-state index in [4.69, 9.17) is 4.74 Å². The van der Waals surface area contributed by atoms with Gasteiger partial charge in [-0.1, -0.05) is 0 Å². The summed E-state index contributed by atoms with van der Waals surface area (Å²) in [6, 6.07) is 3.67. The molecule has 0 spiro atoms. The van der Waals surface area contributed by atoms with Crippen LogP contribution in [0.5, 0.6) is 0 Å². The first-order valence-electron chi connectivity index (χ1n) is 8.30. The van der Waals surface area contributed by atoms with E-state index in [9.17, 15) is 4.79 Å². The van der Waals surface area contributed by atoms with Crippen molar-refractivity contribution < 1.29 is 9.53 Å². The molecule has 0 aromatic carbocycles. The van der Waals surface area contributed by atoms with E-state index in [-0.39, 0.29) is 5.91 Å². The summed E-state index contributed by atoms with van der Waals surface area (Å²) in [6.07, 6.45) is 8.18. The number of aromatic nitrogens is 3. The Balaban J connectivity index is 1.48. The number of amides is 1. The molecule has 1 fully saturated rings. The Morgan fingerprint density at radius 3 is 2.96 bits per heavy atom. The maximum atomic E-state index is 12.7. The molecule has 0 bridgehead atoms. The number of H-pyrrole nitrogens is 1. The van der Waals surface area contributed by atoms with Crippen LogP contribution in [0.25, 0.3) is 0 Å². The van der Waals surface area contributed by atoms with Crippen molar-refractivity contribution in [3.63, 3.8) is 0 Å². The molecule has 1 amide bonds. The molecular formula is C17H22N4O2. The molecule has 6 nitrogen and oxygen atoms in total. The Labute approximate surface area is 135 Å². The zero-order valence-corrected chi connectivity index (χ0v) is 13.1. The average Bonchev–Trinajstić information content (AvgIpc) is 3.07. The highest BCUT2D eigenvalue weighted by Gasteiger charge is 2.28. The van der Waals surface area contributed by atoms with Gasteiger partial charge in [-0.3, -0.25) is 4.79 Å². The van der Waals surface area contributed by atoms with Crippen molar-refractivity contribution in [2.24, 2.45) is 11.8 Å². The zero-order valence-electron chi connectivity index (χ0n) is 13.1. The number of nitrogens with one attached hydrogen (secondary N) is 1. The molecule has 2 aromatic rings. The van der Waals surface area contributed by atoms with Crippen LogP contribution in [0.2, 0.25) is 0 Å². The van der Waals surface area contributed by atoms with Gasteiger partial charge >= 0.3 is 0 Å². The lowest BCUT2D eigenvalue weighted by atomic mass is 10.1. The van der Waals surface area contributed by atoms with Gasteiger partial charge in [-0.2, -0.15) is 0 Å². The van der Waals surface area contributed by atoms with Crippen LogP contribution in [-0.2, 0) is 17.8 Å². The third-order valence-electron chi connectivity index (χ3n) is 4.59. The van der Waals surface area contributed by atoms with E-state index in [1.807, 2.05) is 23.2 Å². The smallest absolute Gasteiger partial charge is 0.270 e. The molecule has 0 saturated heterocycles. The van der Waals surface area contributed by atoms with Gasteiger partial charge in [0.25, 0.3) is 5.91 Å². The minimum Gasteiger partial charge on any atom is -0.381 e. The first-order chi connectivity index (χ1) is 11.3. The SMILES string of the molecule is O=C(c1ccc[nH]1)N1Cc2nccn2C[C@@H](COCC2CC2)C1. The van der Waals surface area contributed by atoms with Gasteiger partial charge in [0, 0.05) is 44.2 Å². The normalized spacial score (nSPS) is 21.0. The first-order valence-corrected chi connectivity index (χ1v) is 8.30. The number of fused-ring (bicyclic) bond motifs is 1. The van der Waals surface area contributed by atoms with Gasteiger partial charge in [0.05, 0.1) is 13.2 Å². The summed E-state index contributed by atoms with van der Waals surface area (Å²) in [5, 5.41) is 0. The van der Waals surface area contributed by atoms with Crippen LogP contribution in [0.15, 0.2) is 30.7 Å². The van der Waals surface area contributed by atoms with Crippen molar-refractivity contribution in [3.05, 3.63) is 42.2 Å². The van der Waals surface area contributed by atoms with Crippen LogP contribution in [0.3, 0.4) is 0 Å². The number of aromatic amines is 1. The van der Waals surface area contributed by atoms with E-state index in [2.05, 4.69) is 14.5 Å². The quantitative estimate of drug-likeness (QED) is 0.917. The van der Waals surface area contributed by atoms with Crippen LogP contribution in [0.1, 0.15) is 29.2 Å². The van der Waals surface area contributed by atoms with Gasteiger partial charge in [-0.25, -0.2) is 4.98 Å². The number of carbonyl (C=O) groups excluding carboxylic acids is 1. The second kappa shape index (κ2) is 6.20. The summed E-state index contributed by atoms with van der Waals surface area (Å²) >= 11 is 0. The number of carbonyl (C=O) groups is 1. The Morgan fingerprint density at radius 1 is 1.30 bits per heavy atom. The molecule has 1 aliphatic carbocycles. The number of nitrogens with zero attached hydrogens (tertiary/aromatic N) is 3. The van der Waals surface area contributed by atoms with Crippen LogP contribution < -0.4 is 0 Å². The molecule has 122 valence electrons. The summed E-state index contributed by atoms with van der Waals surface area (Å²) < 4.78 is 8.03. The van der Waals surface area contributed by atoms with Gasteiger partial charge in [0.1, 0.15) is 11.5 Å². The zero-order chi connectivity index (χ0) is 15.6. The standard InChI is InChI=1S/C17H22N4O2/c22-17(15-2-1-5-18-15)21-9-14(12-23-11-13-3-4-13)8-20-7-6-19-16(20)10-21/h1-2,5-7,13-14,18H,3-4,8-12H2/t14-/m1/s1. The van der Waals surface area contributed by atoms with Gasteiger partial charge in [-0.05, 0) is 30.9 Å². The molecule has 0 radical (unpaired) electrons. The molecule has 2 aliphatic rings. The van der Waals surface area contributed by atoms with Crippen LogP contribution in [0.4, 0.5) is 0 Å². The Hall–Kier alpha value is -2.08. The predicted octanol–water partition coefficient (Wildman–Crippen LogP) is 1.91. The van der Waals surface area contributed by atoms with Gasteiger partial charge in [-0.15, -0.1) is 0 Å². The fourth-order valence-electron chi connectivity index (χ4n) is 3.12. The summed E-state index contributed by atoms with van der Waals surface area (Å²) in [6.45, 7) is 3.66. The lowest BCUT2D eigenvalue weighted by Crippen LogP contribution is -2.35. The van der Waals surface area contributed by atoms with Gasteiger partial charge in [0.2, 0.25) is 0 Å². The highest BCUT2D eigenvalue weighted by Crippen LogP contribution is 2.29. The van der Waals surface area contributed by atoms with E-state index in [0.29, 0.717) is 31.3 Å². The van der Waals surface area contributed by atoms with Crippen molar-refractivity contribution in [1.82, 2.24) is 19.4 Å². The minimum atomic E-state index is 0.0265. The van der Waals surface area contributed by atoms with E-state index >= 15 is 0 Å². The number of ether oxygens (including phenoxy) is 1. The molecule has 4 rings (SSSR count). The molecule has 0 unspecified atom stereocenters. The number of hydrogen-bond acceptors (Lipinski definition) is 3. The van der Waals surface area contributed by atoms with Crippen molar-refractivity contribution in [2.75, 3.05) is 19.8 Å². The molecule has 1 saturated carbocycles. The van der Waals surface area contributed by atoms with Gasteiger partial charge < -0.3 is 19.2 Å². The van der Waals surface area contributed by atoms with E-state index in [0.717, 1.165) is 24.9 Å². The second-order valence-electron chi connectivity index (χ2n) is 6.61. The summed E-state index contributed by atoms with van der Waals surface area (Å²) in [4.78, 5) is 22.0. The fraction of sp³-hybridized carbons (Fsp3) is 0.529. The molecule has 1 aliphatic heterocycles. The van der Waals surface area contributed by atoms with Crippen LogP contribution in [-0.4, -0.2) is 45.1 Å². The molecular weight excluding hydrogens is 292 g/mol. The number of imidazole rings is 1. The summed E-state index contributed by atoms with van der Waals surface area (Å²) in [5.41, 5.74) is 0.627. The Kier molecular flexibility index (Phi) is 3.91. The molecule has 23 heavy (non-hydrogen) atoms. The minimum absolute atomic E-state index is 0.0265. The second-order valence-corrected chi connectivity index (χ2v) is 6.61. The fourth-order valence-corrected chi connectivity index (χ4v) is 3.12.